The lowest BCUT2D eigenvalue weighted by Crippen LogP contribution is -2.20. The largest absolute Gasteiger partial charge is 0.371 e. The Morgan fingerprint density at radius 1 is 1.40 bits per heavy atom. The third-order valence-corrected chi connectivity index (χ3v) is 3.50. The standard InChI is InChI=1S/C12H17NS.H3N/c1-3-7-13-8-6-10-4-5-11(14-2)9-12(10)13;/h4-5,9H,3,6-8H2,1-2H3;1H3. The van der Waals surface area contributed by atoms with E-state index < -0.39 is 0 Å². The van der Waals surface area contributed by atoms with Crippen molar-refractivity contribution < 1.29 is 0 Å². The number of thioether (sulfide) groups is 1. The summed E-state index contributed by atoms with van der Waals surface area (Å²) in [7, 11) is 0. The minimum Gasteiger partial charge on any atom is -0.371 e. The molecule has 0 atom stereocenters. The van der Waals surface area contributed by atoms with Gasteiger partial charge in [-0.3, -0.25) is 0 Å². The number of anilines is 1. The first-order valence-corrected chi connectivity index (χ1v) is 6.49. The van der Waals surface area contributed by atoms with Crippen molar-refractivity contribution in [2.75, 3.05) is 24.2 Å². The van der Waals surface area contributed by atoms with Crippen LogP contribution >= 0.6 is 11.8 Å². The summed E-state index contributed by atoms with van der Waals surface area (Å²) in [6.07, 6.45) is 4.60. The lowest BCUT2D eigenvalue weighted by Gasteiger charge is -2.18. The van der Waals surface area contributed by atoms with Gasteiger partial charge < -0.3 is 11.1 Å². The van der Waals surface area contributed by atoms with Gasteiger partial charge in [-0.05, 0) is 36.8 Å². The van der Waals surface area contributed by atoms with Gasteiger partial charge in [-0.15, -0.1) is 11.8 Å². The van der Waals surface area contributed by atoms with Crippen LogP contribution in [0.5, 0.6) is 0 Å². The summed E-state index contributed by atoms with van der Waals surface area (Å²) in [5.41, 5.74) is 3.00. The van der Waals surface area contributed by atoms with E-state index in [1.54, 1.807) is 0 Å². The van der Waals surface area contributed by atoms with Crippen LogP contribution in [0, 0.1) is 0 Å². The maximum Gasteiger partial charge on any atom is 0.0410 e. The number of benzene rings is 1. The maximum atomic E-state index is 2.51. The van der Waals surface area contributed by atoms with E-state index in [9.17, 15) is 0 Å². The molecule has 3 heteroatoms. The van der Waals surface area contributed by atoms with E-state index in [-0.39, 0.29) is 6.15 Å². The fraction of sp³-hybridized carbons (Fsp3) is 0.500. The molecule has 15 heavy (non-hydrogen) atoms. The van der Waals surface area contributed by atoms with Gasteiger partial charge in [0.05, 0.1) is 0 Å². The van der Waals surface area contributed by atoms with Gasteiger partial charge in [0.1, 0.15) is 0 Å². The molecule has 2 rings (SSSR count). The second-order valence-electron chi connectivity index (χ2n) is 3.73. The Kier molecular flexibility index (Phi) is 4.48. The maximum absolute atomic E-state index is 2.51. The number of hydrogen-bond acceptors (Lipinski definition) is 3. The van der Waals surface area contributed by atoms with E-state index in [4.69, 9.17) is 0 Å². The zero-order valence-electron chi connectivity index (χ0n) is 9.62. The van der Waals surface area contributed by atoms with Crippen LogP contribution in [-0.4, -0.2) is 19.3 Å². The fourth-order valence-electron chi connectivity index (χ4n) is 2.05. The first kappa shape index (κ1) is 12.4. The molecule has 0 amide bonds. The first-order valence-electron chi connectivity index (χ1n) is 5.27. The van der Waals surface area contributed by atoms with E-state index in [0.29, 0.717) is 0 Å². The molecule has 2 nitrogen and oxygen atoms in total. The molecule has 3 N–H and O–H groups in total. The number of hydrogen-bond donors (Lipinski definition) is 1. The van der Waals surface area contributed by atoms with Crippen LogP contribution in [-0.2, 0) is 6.42 Å². The smallest absolute Gasteiger partial charge is 0.0410 e. The summed E-state index contributed by atoms with van der Waals surface area (Å²) in [6.45, 7) is 4.66. The van der Waals surface area contributed by atoms with Crippen LogP contribution < -0.4 is 11.1 Å². The molecule has 1 aliphatic rings. The van der Waals surface area contributed by atoms with Crippen molar-refractivity contribution in [3.63, 3.8) is 0 Å². The van der Waals surface area contributed by atoms with Gasteiger partial charge in [-0.25, -0.2) is 0 Å². The highest BCUT2D eigenvalue weighted by molar-refractivity contribution is 7.98. The molecule has 0 spiro atoms. The lowest BCUT2D eigenvalue weighted by molar-refractivity contribution is 0.796. The molecule has 1 aromatic rings. The predicted octanol–water partition coefficient (Wildman–Crippen LogP) is 3.34. The molecule has 0 saturated heterocycles. The second-order valence-corrected chi connectivity index (χ2v) is 4.61. The van der Waals surface area contributed by atoms with Crippen LogP contribution in [0.4, 0.5) is 5.69 Å². The zero-order chi connectivity index (χ0) is 9.97. The van der Waals surface area contributed by atoms with Crippen LogP contribution in [0.1, 0.15) is 18.9 Å². The van der Waals surface area contributed by atoms with Gasteiger partial charge in [-0.2, -0.15) is 0 Å². The monoisotopic (exact) mass is 224 g/mol. The van der Waals surface area contributed by atoms with Crippen molar-refractivity contribution in [3.8, 4) is 0 Å². The number of fused-ring (bicyclic) bond motifs is 1. The molecular formula is C12H20N2S. The summed E-state index contributed by atoms with van der Waals surface area (Å²) >= 11 is 1.83. The average Bonchev–Trinajstić information content (AvgIpc) is 2.61. The predicted molar refractivity (Wildman–Crippen MR) is 69.5 cm³/mol. The number of rotatable bonds is 3. The quantitative estimate of drug-likeness (QED) is 0.800. The van der Waals surface area contributed by atoms with Gasteiger partial charge in [0.15, 0.2) is 0 Å². The molecule has 0 bridgehead atoms. The fourth-order valence-corrected chi connectivity index (χ4v) is 2.49. The Bertz CT molecular complexity index is 323. The summed E-state index contributed by atoms with van der Waals surface area (Å²) in [6, 6.07) is 6.86. The van der Waals surface area contributed by atoms with Crippen molar-refractivity contribution in [2.24, 2.45) is 0 Å². The summed E-state index contributed by atoms with van der Waals surface area (Å²) < 4.78 is 0. The van der Waals surface area contributed by atoms with Crippen molar-refractivity contribution in [2.45, 2.75) is 24.7 Å². The van der Waals surface area contributed by atoms with Crippen LogP contribution in [0.25, 0.3) is 0 Å². The summed E-state index contributed by atoms with van der Waals surface area (Å²) in [5, 5.41) is 0. The molecule has 84 valence electrons. The summed E-state index contributed by atoms with van der Waals surface area (Å²) in [5.74, 6) is 0. The van der Waals surface area contributed by atoms with Crippen LogP contribution in [0.2, 0.25) is 0 Å². The van der Waals surface area contributed by atoms with Crippen LogP contribution in [0.3, 0.4) is 0 Å². The van der Waals surface area contributed by atoms with Crippen molar-refractivity contribution >= 4 is 17.4 Å². The van der Waals surface area contributed by atoms with Gasteiger partial charge in [-0.1, -0.05) is 13.0 Å². The molecule has 0 unspecified atom stereocenters. The molecule has 0 saturated carbocycles. The SMILES string of the molecule is CCCN1CCc2ccc(SC)cc21.N. The minimum absolute atomic E-state index is 0. The Hall–Kier alpha value is -0.670. The Morgan fingerprint density at radius 2 is 2.20 bits per heavy atom. The van der Waals surface area contributed by atoms with E-state index >= 15 is 0 Å². The molecular weight excluding hydrogens is 204 g/mol. The second kappa shape index (κ2) is 5.42. The molecule has 0 aliphatic carbocycles. The molecule has 0 aromatic heterocycles. The third-order valence-electron chi connectivity index (χ3n) is 2.78. The lowest BCUT2D eigenvalue weighted by atomic mass is 10.2. The van der Waals surface area contributed by atoms with E-state index in [1.165, 1.54) is 42.1 Å². The Morgan fingerprint density at radius 3 is 2.87 bits per heavy atom. The third kappa shape index (κ3) is 2.47. The molecule has 1 heterocycles. The highest BCUT2D eigenvalue weighted by atomic mass is 32.2. The van der Waals surface area contributed by atoms with E-state index in [2.05, 4.69) is 36.3 Å². The highest BCUT2D eigenvalue weighted by Gasteiger charge is 2.17. The summed E-state index contributed by atoms with van der Waals surface area (Å²) in [4.78, 5) is 3.89. The molecule has 0 radical (unpaired) electrons. The van der Waals surface area contributed by atoms with E-state index in [1.807, 2.05) is 11.8 Å². The molecule has 1 aromatic carbocycles. The van der Waals surface area contributed by atoms with Crippen molar-refractivity contribution in [3.05, 3.63) is 23.8 Å². The average molecular weight is 224 g/mol. The number of nitrogens with zero attached hydrogens (tertiary/aromatic N) is 1. The molecule has 0 fully saturated rings. The van der Waals surface area contributed by atoms with Crippen molar-refractivity contribution in [1.29, 1.82) is 0 Å². The minimum atomic E-state index is 0. The van der Waals surface area contributed by atoms with Crippen LogP contribution in [0.15, 0.2) is 23.1 Å². The van der Waals surface area contributed by atoms with Gasteiger partial charge in [0.25, 0.3) is 0 Å². The van der Waals surface area contributed by atoms with E-state index in [0.717, 1.165) is 0 Å². The topological polar surface area (TPSA) is 38.2 Å². The highest BCUT2D eigenvalue weighted by Crippen LogP contribution is 2.31. The normalized spacial score (nSPS) is 13.6. The zero-order valence-corrected chi connectivity index (χ0v) is 10.4. The van der Waals surface area contributed by atoms with Crippen molar-refractivity contribution in [1.82, 2.24) is 6.15 Å². The molecule has 1 aliphatic heterocycles. The Labute approximate surface area is 96.6 Å². The van der Waals surface area contributed by atoms with Gasteiger partial charge in [0, 0.05) is 23.7 Å². The first-order chi connectivity index (χ1) is 6.85. The van der Waals surface area contributed by atoms with Gasteiger partial charge in [0.2, 0.25) is 0 Å². The Balaban J connectivity index is 0.00000112. The van der Waals surface area contributed by atoms with Gasteiger partial charge >= 0.3 is 0 Å².